The Kier molecular flexibility index (Phi) is 7.57. The van der Waals surface area contributed by atoms with Gasteiger partial charge < -0.3 is 4.90 Å². The van der Waals surface area contributed by atoms with Crippen molar-refractivity contribution in [2.75, 3.05) is 39.5 Å². The highest BCUT2D eigenvalue weighted by molar-refractivity contribution is 7.89. The van der Waals surface area contributed by atoms with Gasteiger partial charge in [0.05, 0.1) is 29.0 Å². The number of ketones is 1. The number of sulfonamides is 1. The second kappa shape index (κ2) is 10.4. The van der Waals surface area contributed by atoms with Crippen LogP contribution in [0.15, 0.2) is 59.7 Å². The third-order valence-corrected chi connectivity index (χ3v) is 6.97. The lowest BCUT2D eigenvalue weighted by molar-refractivity contribution is -0.113. The van der Waals surface area contributed by atoms with E-state index in [1.165, 1.54) is 4.31 Å². The van der Waals surface area contributed by atoms with Crippen molar-refractivity contribution in [3.05, 3.63) is 81.9 Å². The van der Waals surface area contributed by atoms with Gasteiger partial charge in [0.2, 0.25) is 10.0 Å². The van der Waals surface area contributed by atoms with Gasteiger partial charge in [0.25, 0.3) is 0 Å². The van der Waals surface area contributed by atoms with Crippen LogP contribution in [0.5, 0.6) is 0 Å². The normalized spacial score (nSPS) is 17.3. The molecule has 2 aromatic carbocycles. The zero-order chi connectivity index (χ0) is 24.0. The lowest BCUT2D eigenvalue weighted by Crippen LogP contribution is -2.43. The van der Waals surface area contributed by atoms with Crippen LogP contribution in [0.2, 0.25) is 0 Å². The number of carbonyl (C=O) groups excluding carboxylic acids is 1. The van der Waals surface area contributed by atoms with E-state index in [0.29, 0.717) is 39.9 Å². The summed E-state index contributed by atoms with van der Waals surface area (Å²) in [7, 11) is 0.0126. The Morgan fingerprint density at radius 1 is 0.879 bits per heavy atom. The van der Waals surface area contributed by atoms with Crippen LogP contribution in [0.1, 0.15) is 22.3 Å². The minimum absolute atomic E-state index is 0.0146. The fourth-order valence-electron chi connectivity index (χ4n) is 3.34. The summed E-state index contributed by atoms with van der Waals surface area (Å²) in [5, 5.41) is 18.0. The molecule has 0 spiro atoms. The summed E-state index contributed by atoms with van der Waals surface area (Å²) in [4.78, 5) is 15.0. The standard InChI is InChI=1S/C25H24N4O3S/c1-28(2)11-12-33(31,32)29-17-23(13-19-3-7-21(15-26)8-4-19)25(30)24(18-29)14-20-5-9-22(16-27)10-6-20/h3-10,13-14H,11-12,17-18H2,1-2H3/b23-13+,24-14+. The van der Waals surface area contributed by atoms with Gasteiger partial charge in [-0.3, -0.25) is 4.79 Å². The monoisotopic (exact) mass is 460 g/mol. The average Bonchev–Trinajstić information content (AvgIpc) is 2.81. The minimum atomic E-state index is -3.60. The number of benzene rings is 2. The Balaban J connectivity index is 2.00. The number of hydrogen-bond donors (Lipinski definition) is 0. The van der Waals surface area contributed by atoms with Crippen molar-refractivity contribution in [3.63, 3.8) is 0 Å². The van der Waals surface area contributed by atoms with Gasteiger partial charge in [0, 0.05) is 30.8 Å². The van der Waals surface area contributed by atoms with Crippen LogP contribution in [0.4, 0.5) is 0 Å². The van der Waals surface area contributed by atoms with E-state index < -0.39 is 10.0 Å². The third-order valence-electron chi connectivity index (χ3n) is 5.23. The van der Waals surface area contributed by atoms with Crippen LogP contribution in [-0.2, 0) is 14.8 Å². The first-order valence-corrected chi connectivity index (χ1v) is 11.9. The van der Waals surface area contributed by atoms with E-state index in [1.807, 2.05) is 14.1 Å². The molecule has 0 atom stereocenters. The maximum absolute atomic E-state index is 13.2. The Morgan fingerprint density at radius 3 is 1.67 bits per heavy atom. The van der Waals surface area contributed by atoms with Gasteiger partial charge in [-0.15, -0.1) is 0 Å². The molecular formula is C25H24N4O3S. The number of nitrogens with zero attached hydrogens (tertiary/aromatic N) is 4. The zero-order valence-electron chi connectivity index (χ0n) is 18.5. The van der Waals surface area contributed by atoms with Crippen LogP contribution in [0, 0.1) is 22.7 Å². The van der Waals surface area contributed by atoms with Crippen molar-refractivity contribution in [1.82, 2.24) is 9.21 Å². The highest BCUT2D eigenvalue weighted by Gasteiger charge is 2.33. The molecule has 7 nitrogen and oxygen atoms in total. The van der Waals surface area contributed by atoms with E-state index in [0.717, 1.165) is 0 Å². The number of Topliss-reactive ketones (excluding diaryl/α,β-unsaturated/α-hetero) is 1. The largest absolute Gasteiger partial charge is 0.308 e. The number of piperidine rings is 1. The number of carbonyl (C=O) groups is 1. The predicted molar refractivity (Wildman–Crippen MR) is 127 cm³/mol. The molecule has 0 unspecified atom stereocenters. The first-order chi connectivity index (χ1) is 15.7. The van der Waals surface area contributed by atoms with E-state index in [4.69, 9.17) is 10.5 Å². The molecule has 1 heterocycles. The molecule has 0 saturated carbocycles. The predicted octanol–water partition coefficient (Wildman–Crippen LogP) is 2.67. The summed E-state index contributed by atoms with van der Waals surface area (Å²) in [6, 6.07) is 17.6. The van der Waals surface area contributed by atoms with Crippen LogP contribution in [-0.4, -0.2) is 62.9 Å². The molecule has 1 fully saturated rings. The lowest BCUT2D eigenvalue weighted by Gasteiger charge is -2.29. The second-order valence-corrected chi connectivity index (χ2v) is 10.1. The van der Waals surface area contributed by atoms with Gasteiger partial charge in [-0.05, 0) is 61.6 Å². The maximum atomic E-state index is 13.2. The van der Waals surface area contributed by atoms with Crippen molar-refractivity contribution in [2.24, 2.45) is 0 Å². The number of hydrogen-bond acceptors (Lipinski definition) is 6. The molecule has 168 valence electrons. The molecule has 0 aliphatic carbocycles. The quantitative estimate of drug-likeness (QED) is 0.614. The van der Waals surface area contributed by atoms with Crippen LogP contribution >= 0.6 is 0 Å². The van der Waals surface area contributed by atoms with Crippen LogP contribution in [0.3, 0.4) is 0 Å². The molecule has 1 saturated heterocycles. The summed E-state index contributed by atoms with van der Waals surface area (Å²) in [5.74, 6) is -0.273. The number of nitriles is 2. The molecule has 0 amide bonds. The van der Waals surface area contributed by atoms with Crippen molar-refractivity contribution < 1.29 is 13.2 Å². The van der Waals surface area contributed by atoms with Gasteiger partial charge in [0.15, 0.2) is 5.78 Å². The molecule has 1 aliphatic heterocycles. The smallest absolute Gasteiger partial charge is 0.215 e. The molecule has 2 aromatic rings. The fourth-order valence-corrected chi connectivity index (χ4v) is 4.87. The molecule has 0 N–H and O–H groups in total. The van der Waals surface area contributed by atoms with E-state index in [9.17, 15) is 13.2 Å². The van der Waals surface area contributed by atoms with Crippen molar-refractivity contribution in [1.29, 1.82) is 10.5 Å². The Bertz CT molecular complexity index is 1200. The summed E-state index contributed by atoms with van der Waals surface area (Å²) in [6.45, 7) is 0.342. The van der Waals surface area contributed by atoms with E-state index in [-0.39, 0.29) is 24.6 Å². The third kappa shape index (κ3) is 6.24. The van der Waals surface area contributed by atoms with Gasteiger partial charge >= 0.3 is 0 Å². The van der Waals surface area contributed by atoms with Crippen molar-refractivity contribution in [3.8, 4) is 12.1 Å². The topological polar surface area (TPSA) is 105 Å². The Labute approximate surface area is 194 Å². The molecular weight excluding hydrogens is 436 g/mol. The first kappa shape index (κ1) is 24.1. The summed E-state index contributed by atoms with van der Waals surface area (Å²) in [5.41, 5.74) is 3.15. The lowest BCUT2D eigenvalue weighted by atomic mass is 9.95. The zero-order valence-corrected chi connectivity index (χ0v) is 19.3. The van der Waals surface area contributed by atoms with E-state index in [1.54, 1.807) is 65.6 Å². The molecule has 8 heteroatoms. The highest BCUT2D eigenvalue weighted by Crippen LogP contribution is 2.24. The van der Waals surface area contributed by atoms with Gasteiger partial charge in [-0.2, -0.15) is 14.8 Å². The number of rotatable bonds is 6. The van der Waals surface area contributed by atoms with Gasteiger partial charge in [-0.1, -0.05) is 24.3 Å². The van der Waals surface area contributed by atoms with Crippen molar-refractivity contribution in [2.45, 2.75) is 0 Å². The molecule has 3 rings (SSSR count). The van der Waals surface area contributed by atoms with Crippen molar-refractivity contribution >= 4 is 28.0 Å². The van der Waals surface area contributed by atoms with Crippen LogP contribution in [0.25, 0.3) is 12.2 Å². The molecule has 33 heavy (non-hydrogen) atoms. The van der Waals surface area contributed by atoms with E-state index in [2.05, 4.69) is 12.1 Å². The second-order valence-electron chi connectivity index (χ2n) is 8.02. The molecule has 0 aromatic heterocycles. The Hall–Kier alpha value is -3.56. The molecule has 1 aliphatic rings. The van der Waals surface area contributed by atoms with Gasteiger partial charge in [-0.25, -0.2) is 8.42 Å². The fraction of sp³-hybridized carbons (Fsp3) is 0.240. The first-order valence-electron chi connectivity index (χ1n) is 10.3. The van der Waals surface area contributed by atoms with Crippen LogP contribution < -0.4 is 0 Å². The minimum Gasteiger partial charge on any atom is -0.308 e. The average molecular weight is 461 g/mol. The van der Waals surface area contributed by atoms with E-state index >= 15 is 0 Å². The maximum Gasteiger partial charge on any atom is 0.215 e. The highest BCUT2D eigenvalue weighted by atomic mass is 32.2. The summed E-state index contributed by atoms with van der Waals surface area (Å²) < 4.78 is 27.4. The summed E-state index contributed by atoms with van der Waals surface area (Å²) in [6.07, 6.45) is 3.34. The Morgan fingerprint density at radius 2 is 1.30 bits per heavy atom. The molecule has 0 radical (unpaired) electrons. The van der Waals surface area contributed by atoms with Gasteiger partial charge in [0.1, 0.15) is 0 Å². The summed E-state index contributed by atoms with van der Waals surface area (Å²) >= 11 is 0. The SMILES string of the molecule is CN(C)CCS(=O)(=O)N1C/C(=C\c2ccc(C#N)cc2)C(=O)/C(=C/c2ccc(C#N)cc2)C1. The molecule has 0 bridgehead atoms.